The van der Waals surface area contributed by atoms with Gasteiger partial charge in [-0.15, -0.1) is 0 Å². The van der Waals surface area contributed by atoms with Crippen LogP contribution in [0, 0.1) is 5.92 Å². The number of rotatable bonds is 7. The molecule has 1 aliphatic rings. The van der Waals surface area contributed by atoms with Gasteiger partial charge in [-0.05, 0) is 31.6 Å². The minimum Gasteiger partial charge on any atom is -0.329 e. The summed E-state index contributed by atoms with van der Waals surface area (Å²) in [7, 11) is 0. The maximum atomic E-state index is 5.93. The van der Waals surface area contributed by atoms with Crippen LogP contribution in [0.3, 0.4) is 0 Å². The Morgan fingerprint density at radius 2 is 2.07 bits per heavy atom. The first kappa shape index (κ1) is 12.0. The number of hydrogen-bond donors (Lipinski definition) is 2. The summed E-state index contributed by atoms with van der Waals surface area (Å²) >= 11 is 0. The van der Waals surface area contributed by atoms with Crippen LogP contribution in [0.2, 0.25) is 0 Å². The largest absolute Gasteiger partial charge is 0.329 e. The third-order valence-electron chi connectivity index (χ3n) is 3.59. The lowest BCUT2D eigenvalue weighted by Crippen LogP contribution is -2.52. The van der Waals surface area contributed by atoms with Crippen molar-refractivity contribution in [3.8, 4) is 0 Å². The number of nitrogens with two attached hydrogens (primary N) is 1. The maximum absolute atomic E-state index is 5.93. The fourth-order valence-electron chi connectivity index (χ4n) is 2.06. The molecule has 1 saturated carbocycles. The second kappa shape index (κ2) is 5.13. The van der Waals surface area contributed by atoms with E-state index < -0.39 is 0 Å². The first-order valence-corrected chi connectivity index (χ1v) is 6.13. The molecule has 14 heavy (non-hydrogen) atoms. The van der Waals surface area contributed by atoms with Crippen LogP contribution < -0.4 is 11.1 Å². The highest BCUT2D eigenvalue weighted by atomic mass is 15.1. The Labute approximate surface area is 88.6 Å². The van der Waals surface area contributed by atoms with Crippen molar-refractivity contribution < 1.29 is 0 Å². The van der Waals surface area contributed by atoms with Gasteiger partial charge in [-0.3, -0.25) is 0 Å². The topological polar surface area (TPSA) is 38.0 Å². The first-order chi connectivity index (χ1) is 6.65. The van der Waals surface area contributed by atoms with Crippen molar-refractivity contribution in [3.05, 3.63) is 0 Å². The third kappa shape index (κ3) is 3.25. The summed E-state index contributed by atoms with van der Waals surface area (Å²) in [5, 5.41) is 3.74. The van der Waals surface area contributed by atoms with E-state index in [1.54, 1.807) is 0 Å². The summed E-state index contributed by atoms with van der Waals surface area (Å²) in [6, 6.07) is 0.766. The highest BCUT2D eigenvalue weighted by molar-refractivity contribution is 4.96. The monoisotopic (exact) mass is 198 g/mol. The predicted octanol–water partition coefficient (Wildman–Crippen LogP) is 2.28. The van der Waals surface area contributed by atoms with E-state index in [0.717, 1.165) is 24.9 Å². The molecule has 0 bridgehead atoms. The van der Waals surface area contributed by atoms with Crippen LogP contribution >= 0.6 is 0 Å². The second-order valence-electron chi connectivity index (χ2n) is 4.97. The smallest absolute Gasteiger partial charge is 0.0306 e. The lowest BCUT2D eigenvalue weighted by atomic mass is 9.84. The van der Waals surface area contributed by atoms with Crippen molar-refractivity contribution in [2.75, 3.05) is 6.54 Å². The molecule has 1 fully saturated rings. The number of hydrogen-bond acceptors (Lipinski definition) is 2. The van der Waals surface area contributed by atoms with Gasteiger partial charge >= 0.3 is 0 Å². The van der Waals surface area contributed by atoms with Crippen LogP contribution in [0.15, 0.2) is 0 Å². The minimum atomic E-state index is 0.219. The standard InChI is InChI=1S/C12H26N2/c1-4-10(3)8-12(5-2,9-13)14-11-6-7-11/h10-11,14H,4-9,13H2,1-3H3. The van der Waals surface area contributed by atoms with Gasteiger partial charge in [-0.1, -0.05) is 27.2 Å². The Bertz CT molecular complexity index is 160. The van der Waals surface area contributed by atoms with Crippen LogP contribution in [-0.2, 0) is 0 Å². The molecule has 2 heteroatoms. The van der Waals surface area contributed by atoms with Gasteiger partial charge in [-0.25, -0.2) is 0 Å². The average Bonchev–Trinajstić information content (AvgIpc) is 3.00. The maximum Gasteiger partial charge on any atom is 0.0306 e. The highest BCUT2D eigenvalue weighted by Gasteiger charge is 2.34. The van der Waals surface area contributed by atoms with E-state index in [1.807, 2.05) is 0 Å². The van der Waals surface area contributed by atoms with E-state index in [9.17, 15) is 0 Å². The zero-order chi connectivity index (χ0) is 10.6. The molecule has 0 amide bonds. The van der Waals surface area contributed by atoms with Gasteiger partial charge in [-0.2, -0.15) is 0 Å². The molecule has 0 spiro atoms. The van der Waals surface area contributed by atoms with Gasteiger partial charge in [0.05, 0.1) is 0 Å². The first-order valence-electron chi connectivity index (χ1n) is 6.13. The molecule has 3 N–H and O–H groups in total. The fraction of sp³-hybridized carbons (Fsp3) is 1.00. The molecule has 0 radical (unpaired) electrons. The fourth-order valence-corrected chi connectivity index (χ4v) is 2.06. The highest BCUT2D eigenvalue weighted by Crippen LogP contribution is 2.28. The zero-order valence-corrected chi connectivity index (χ0v) is 9.97. The molecule has 0 aromatic carbocycles. The Hall–Kier alpha value is -0.0800. The van der Waals surface area contributed by atoms with E-state index in [2.05, 4.69) is 26.1 Å². The van der Waals surface area contributed by atoms with E-state index in [4.69, 9.17) is 5.73 Å². The van der Waals surface area contributed by atoms with Crippen molar-refractivity contribution in [2.24, 2.45) is 11.7 Å². The average molecular weight is 198 g/mol. The molecule has 0 aromatic rings. The van der Waals surface area contributed by atoms with Crippen LogP contribution in [0.4, 0.5) is 0 Å². The van der Waals surface area contributed by atoms with Crippen molar-refractivity contribution in [1.29, 1.82) is 0 Å². The molecule has 2 nitrogen and oxygen atoms in total. The van der Waals surface area contributed by atoms with Crippen LogP contribution in [0.5, 0.6) is 0 Å². The van der Waals surface area contributed by atoms with Crippen LogP contribution in [0.25, 0.3) is 0 Å². The van der Waals surface area contributed by atoms with E-state index >= 15 is 0 Å². The quantitative estimate of drug-likeness (QED) is 0.658. The Kier molecular flexibility index (Phi) is 4.39. The lowest BCUT2D eigenvalue weighted by Gasteiger charge is -2.35. The van der Waals surface area contributed by atoms with Crippen LogP contribution in [0.1, 0.15) is 52.9 Å². The minimum absolute atomic E-state index is 0.219. The number of nitrogens with one attached hydrogen (secondary N) is 1. The normalized spacial score (nSPS) is 23.1. The Morgan fingerprint density at radius 1 is 1.43 bits per heavy atom. The molecule has 1 aliphatic carbocycles. The molecule has 0 aliphatic heterocycles. The van der Waals surface area contributed by atoms with Crippen LogP contribution in [-0.4, -0.2) is 18.1 Å². The van der Waals surface area contributed by atoms with Gasteiger partial charge in [0.1, 0.15) is 0 Å². The van der Waals surface area contributed by atoms with Crippen molar-refractivity contribution in [2.45, 2.75) is 64.5 Å². The van der Waals surface area contributed by atoms with Crippen molar-refractivity contribution in [1.82, 2.24) is 5.32 Å². The van der Waals surface area contributed by atoms with Gasteiger partial charge in [0.15, 0.2) is 0 Å². The Balaban J connectivity index is 2.48. The summed E-state index contributed by atoms with van der Waals surface area (Å²) in [4.78, 5) is 0. The Morgan fingerprint density at radius 3 is 2.43 bits per heavy atom. The molecule has 2 atom stereocenters. The SMILES string of the molecule is CCC(C)CC(CC)(CN)NC1CC1. The second-order valence-corrected chi connectivity index (χ2v) is 4.97. The third-order valence-corrected chi connectivity index (χ3v) is 3.59. The molecule has 0 saturated heterocycles. The van der Waals surface area contributed by atoms with Gasteiger partial charge in [0.25, 0.3) is 0 Å². The molecule has 1 rings (SSSR count). The molecular formula is C12H26N2. The van der Waals surface area contributed by atoms with Gasteiger partial charge in [0, 0.05) is 18.1 Å². The molecule has 84 valence electrons. The predicted molar refractivity (Wildman–Crippen MR) is 62.3 cm³/mol. The zero-order valence-electron chi connectivity index (χ0n) is 9.97. The van der Waals surface area contributed by atoms with E-state index in [-0.39, 0.29) is 5.54 Å². The van der Waals surface area contributed by atoms with Gasteiger partial charge in [0.2, 0.25) is 0 Å². The summed E-state index contributed by atoms with van der Waals surface area (Å²) in [5.41, 5.74) is 6.15. The van der Waals surface area contributed by atoms with E-state index in [0.29, 0.717) is 0 Å². The summed E-state index contributed by atoms with van der Waals surface area (Å²) < 4.78 is 0. The molecular weight excluding hydrogens is 172 g/mol. The van der Waals surface area contributed by atoms with E-state index in [1.165, 1.54) is 25.7 Å². The van der Waals surface area contributed by atoms with Gasteiger partial charge < -0.3 is 11.1 Å². The van der Waals surface area contributed by atoms with Crippen molar-refractivity contribution >= 4 is 0 Å². The molecule has 0 aromatic heterocycles. The molecule has 2 unspecified atom stereocenters. The summed E-state index contributed by atoms with van der Waals surface area (Å²) in [6.45, 7) is 7.63. The lowest BCUT2D eigenvalue weighted by molar-refractivity contribution is 0.251. The summed E-state index contributed by atoms with van der Waals surface area (Å²) in [6.07, 6.45) is 6.34. The molecule has 0 heterocycles. The van der Waals surface area contributed by atoms with Crippen molar-refractivity contribution in [3.63, 3.8) is 0 Å². The summed E-state index contributed by atoms with van der Waals surface area (Å²) in [5.74, 6) is 0.782.